The lowest BCUT2D eigenvalue weighted by Gasteiger charge is -2.14. The quantitative estimate of drug-likeness (QED) is 0.376. The highest BCUT2D eigenvalue weighted by Gasteiger charge is 2.26. The molecule has 0 amide bonds. The van der Waals surface area contributed by atoms with E-state index in [-0.39, 0.29) is 26.1 Å². The Morgan fingerprint density at radius 1 is 1.10 bits per heavy atom. The number of hydrogen-bond donors (Lipinski definition) is 0. The molecule has 0 saturated heterocycles. The second-order valence-corrected chi connectivity index (χ2v) is 3.28. The van der Waals surface area contributed by atoms with Crippen LogP contribution in [0.1, 0.15) is 12.8 Å². The summed E-state index contributed by atoms with van der Waals surface area (Å²) < 4.78 is 18.1. The van der Waals surface area contributed by atoms with Crippen LogP contribution in [0.3, 0.4) is 0 Å². The Bertz CT molecular complexity index is 427. The summed E-state index contributed by atoms with van der Waals surface area (Å²) in [5.41, 5.74) is 0. The lowest BCUT2D eigenvalue weighted by atomic mass is 10.2. The van der Waals surface area contributed by atoms with Gasteiger partial charge in [0.15, 0.2) is 13.2 Å². The molecule has 0 fully saturated rings. The van der Waals surface area contributed by atoms with Crippen LogP contribution in [0.4, 0.5) is 4.79 Å². The van der Waals surface area contributed by atoms with Crippen LogP contribution in [-0.2, 0) is 28.5 Å². The van der Waals surface area contributed by atoms with Crippen LogP contribution in [0, 0.1) is 24.7 Å². The molecule has 7 nitrogen and oxygen atoms in total. The SMILES string of the molecule is C#CCOC(=O)CCC(OC(=O)OC)C(=O)OCC#C. The van der Waals surface area contributed by atoms with Crippen molar-refractivity contribution in [2.24, 2.45) is 0 Å². The molecule has 0 heterocycles. The van der Waals surface area contributed by atoms with Crippen molar-refractivity contribution in [3.63, 3.8) is 0 Å². The highest BCUT2D eigenvalue weighted by atomic mass is 16.7. The molecule has 0 aliphatic rings. The van der Waals surface area contributed by atoms with Crippen LogP contribution in [0.25, 0.3) is 0 Å². The van der Waals surface area contributed by atoms with Gasteiger partial charge in [0.25, 0.3) is 0 Å². The second kappa shape index (κ2) is 10.3. The molecule has 0 rings (SSSR count). The van der Waals surface area contributed by atoms with Gasteiger partial charge in [-0.25, -0.2) is 9.59 Å². The van der Waals surface area contributed by atoms with Crippen LogP contribution < -0.4 is 0 Å². The standard InChI is InChI=1S/C13H14O7/c1-4-8-18-11(14)7-6-10(20-13(16)17-3)12(15)19-9-5-2/h1-2,10H,6-9H2,3H3. The van der Waals surface area contributed by atoms with Crippen LogP contribution in [-0.4, -0.2) is 44.5 Å². The van der Waals surface area contributed by atoms with Crippen molar-refractivity contribution in [1.82, 2.24) is 0 Å². The first-order valence-electron chi connectivity index (χ1n) is 5.49. The summed E-state index contributed by atoms with van der Waals surface area (Å²) in [6.45, 7) is -0.454. The Balaban J connectivity index is 4.42. The first-order valence-corrected chi connectivity index (χ1v) is 5.49. The molecule has 0 N–H and O–H groups in total. The van der Waals surface area contributed by atoms with Crippen molar-refractivity contribution in [2.75, 3.05) is 20.3 Å². The van der Waals surface area contributed by atoms with E-state index in [1.807, 2.05) is 0 Å². The van der Waals surface area contributed by atoms with Gasteiger partial charge in [-0.3, -0.25) is 4.79 Å². The molecule has 0 bridgehead atoms. The van der Waals surface area contributed by atoms with E-state index in [4.69, 9.17) is 12.8 Å². The molecule has 108 valence electrons. The third-order valence-electron chi connectivity index (χ3n) is 1.89. The maximum absolute atomic E-state index is 11.5. The number of carbonyl (C=O) groups is 3. The van der Waals surface area contributed by atoms with Crippen LogP contribution in [0.2, 0.25) is 0 Å². The lowest BCUT2D eigenvalue weighted by Crippen LogP contribution is -2.30. The molecule has 1 atom stereocenters. The fraction of sp³-hybridized carbons (Fsp3) is 0.462. The predicted molar refractivity (Wildman–Crippen MR) is 66.1 cm³/mol. The minimum absolute atomic E-state index is 0.137. The zero-order chi connectivity index (χ0) is 15.4. The summed E-state index contributed by atoms with van der Waals surface area (Å²) in [7, 11) is 1.08. The number of ether oxygens (including phenoxy) is 4. The van der Waals surface area contributed by atoms with Gasteiger partial charge in [0.05, 0.1) is 7.11 Å². The molecule has 0 aromatic carbocycles. The van der Waals surface area contributed by atoms with E-state index in [1.165, 1.54) is 0 Å². The molecular formula is C13H14O7. The number of esters is 2. The van der Waals surface area contributed by atoms with E-state index in [0.29, 0.717) is 0 Å². The minimum atomic E-state index is -1.31. The van der Waals surface area contributed by atoms with Gasteiger partial charge in [-0.15, -0.1) is 12.8 Å². The summed E-state index contributed by atoms with van der Waals surface area (Å²) in [6.07, 6.45) is 7.13. The number of methoxy groups -OCH3 is 1. The summed E-state index contributed by atoms with van der Waals surface area (Å²) >= 11 is 0. The fourth-order valence-corrected chi connectivity index (χ4v) is 1.04. The van der Waals surface area contributed by atoms with Crippen molar-refractivity contribution < 1.29 is 33.3 Å². The first-order chi connectivity index (χ1) is 9.54. The molecule has 0 radical (unpaired) electrons. The van der Waals surface area contributed by atoms with Crippen molar-refractivity contribution in [1.29, 1.82) is 0 Å². The zero-order valence-electron chi connectivity index (χ0n) is 10.9. The molecule has 7 heteroatoms. The van der Waals surface area contributed by atoms with Gasteiger partial charge in [-0.2, -0.15) is 0 Å². The molecule has 0 saturated carbocycles. The third-order valence-corrected chi connectivity index (χ3v) is 1.89. The first kappa shape index (κ1) is 17.3. The molecule has 0 aliphatic carbocycles. The third kappa shape index (κ3) is 7.62. The van der Waals surface area contributed by atoms with Crippen LogP contribution in [0.5, 0.6) is 0 Å². The number of hydrogen-bond acceptors (Lipinski definition) is 7. The van der Waals surface area contributed by atoms with Gasteiger partial charge in [-0.05, 0) is 0 Å². The number of terminal acetylenes is 2. The smallest absolute Gasteiger partial charge is 0.452 e. The Morgan fingerprint density at radius 2 is 1.70 bits per heavy atom. The van der Waals surface area contributed by atoms with Gasteiger partial charge in [0.2, 0.25) is 6.10 Å². The van der Waals surface area contributed by atoms with Crippen molar-refractivity contribution in [2.45, 2.75) is 18.9 Å². The Morgan fingerprint density at radius 3 is 2.25 bits per heavy atom. The summed E-state index contributed by atoms with van der Waals surface area (Å²) in [5, 5.41) is 0. The average molecular weight is 282 g/mol. The normalized spacial score (nSPS) is 10.3. The van der Waals surface area contributed by atoms with Gasteiger partial charge in [-0.1, -0.05) is 11.8 Å². The maximum Gasteiger partial charge on any atom is 0.508 e. The Labute approximate surface area is 116 Å². The van der Waals surface area contributed by atoms with Gasteiger partial charge in [0, 0.05) is 12.8 Å². The lowest BCUT2D eigenvalue weighted by molar-refractivity contribution is -0.154. The second-order valence-electron chi connectivity index (χ2n) is 3.28. The summed E-state index contributed by atoms with van der Waals surface area (Å²) in [6, 6.07) is 0. The van der Waals surface area contributed by atoms with E-state index in [1.54, 1.807) is 0 Å². The van der Waals surface area contributed by atoms with Crippen molar-refractivity contribution in [3.05, 3.63) is 0 Å². The van der Waals surface area contributed by atoms with E-state index in [2.05, 4.69) is 30.8 Å². The molecule has 0 aromatic heterocycles. The summed E-state index contributed by atoms with van der Waals surface area (Å²) in [4.78, 5) is 33.8. The van der Waals surface area contributed by atoms with Crippen LogP contribution >= 0.6 is 0 Å². The highest BCUT2D eigenvalue weighted by Crippen LogP contribution is 2.07. The molecule has 0 aliphatic heterocycles. The monoisotopic (exact) mass is 282 g/mol. The largest absolute Gasteiger partial charge is 0.508 e. The molecule has 20 heavy (non-hydrogen) atoms. The molecule has 0 aromatic rings. The number of rotatable bonds is 7. The number of carbonyl (C=O) groups excluding carboxylic acids is 3. The average Bonchev–Trinajstić information content (AvgIpc) is 2.46. The Hall–Kier alpha value is -2.67. The van der Waals surface area contributed by atoms with Gasteiger partial charge < -0.3 is 18.9 Å². The molecule has 1 unspecified atom stereocenters. The van der Waals surface area contributed by atoms with Crippen LogP contribution in [0.15, 0.2) is 0 Å². The van der Waals surface area contributed by atoms with Crippen molar-refractivity contribution >= 4 is 18.1 Å². The van der Waals surface area contributed by atoms with E-state index < -0.39 is 24.2 Å². The minimum Gasteiger partial charge on any atom is -0.452 e. The van der Waals surface area contributed by atoms with Gasteiger partial charge in [0.1, 0.15) is 0 Å². The Kier molecular flexibility index (Phi) is 8.90. The highest BCUT2D eigenvalue weighted by molar-refractivity contribution is 5.78. The van der Waals surface area contributed by atoms with E-state index in [0.717, 1.165) is 7.11 Å². The molecule has 0 spiro atoms. The maximum atomic E-state index is 11.5. The van der Waals surface area contributed by atoms with Gasteiger partial charge >= 0.3 is 18.1 Å². The van der Waals surface area contributed by atoms with E-state index >= 15 is 0 Å². The fourth-order valence-electron chi connectivity index (χ4n) is 1.04. The predicted octanol–water partition coefficient (Wildman–Crippen LogP) is 0.271. The summed E-state index contributed by atoms with van der Waals surface area (Å²) in [5.74, 6) is 2.69. The zero-order valence-corrected chi connectivity index (χ0v) is 10.9. The molecular weight excluding hydrogens is 268 g/mol. The topological polar surface area (TPSA) is 88.1 Å². The van der Waals surface area contributed by atoms with Crippen molar-refractivity contribution in [3.8, 4) is 24.7 Å². The van der Waals surface area contributed by atoms with E-state index in [9.17, 15) is 14.4 Å².